The Morgan fingerprint density at radius 3 is 1.96 bits per heavy atom. The zero-order valence-electron chi connectivity index (χ0n) is 17.5. The lowest BCUT2D eigenvalue weighted by Gasteiger charge is -2.23. The van der Waals surface area contributed by atoms with Crippen LogP contribution in [0.5, 0.6) is 0 Å². The molecule has 0 aliphatic rings. The molecule has 0 saturated carbocycles. The zero-order valence-corrected chi connectivity index (χ0v) is 17.5. The molecule has 2 aromatic carbocycles. The van der Waals surface area contributed by atoms with Gasteiger partial charge in [0.05, 0.1) is 0 Å². The fraction of sp³-hybridized carbons (Fsp3) is 0.520. The summed E-state index contributed by atoms with van der Waals surface area (Å²) in [6, 6.07) is 13.8. The lowest BCUT2D eigenvalue weighted by atomic mass is 9.83. The first-order valence-electron chi connectivity index (χ1n) is 10.3. The standard InChI is InChI=1S/C25H35N/c1-7-25(5,6)14-8-9-20(4)17-26-23-12-10-18(2)15-21(23)22-16-19(3)11-13-24(22)26/h10-13,15-16,20H,7-9,14,17H2,1-6H3. The lowest BCUT2D eigenvalue weighted by Crippen LogP contribution is -2.12. The van der Waals surface area contributed by atoms with Gasteiger partial charge in [0.1, 0.15) is 0 Å². The van der Waals surface area contributed by atoms with E-state index in [9.17, 15) is 0 Å². The van der Waals surface area contributed by atoms with Crippen LogP contribution in [0.4, 0.5) is 0 Å². The van der Waals surface area contributed by atoms with Gasteiger partial charge in [-0.15, -0.1) is 0 Å². The number of benzene rings is 2. The fourth-order valence-electron chi connectivity index (χ4n) is 4.04. The molecule has 0 amide bonds. The fourth-order valence-corrected chi connectivity index (χ4v) is 4.04. The van der Waals surface area contributed by atoms with E-state index in [0.717, 1.165) is 6.54 Å². The molecule has 0 aliphatic heterocycles. The molecule has 0 bridgehead atoms. The predicted molar refractivity (Wildman–Crippen MR) is 116 cm³/mol. The minimum Gasteiger partial charge on any atom is -0.340 e. The maximum atomic E-state index is 2.55. The van der Waals surface area contributed by atoms with Gasteiger partial charge in [0.2, 0.25) is 0 Å². The number of hydrogen-bond acceptors (Lipinski definition) is 0. The van der Waals surface area contributed by atoms with E-state index in [1.165, 1.54) is 58.6 Å². The number of rotatable bonds is 7. The summed E-state index contributed by atoms with van der Waals surface area (Å²) in [6.07, 6.45) is 5.24. The summed E-state index contributed by atoms with van der Waals surface area (Å²) in [4.78, 5) is 0. The summed E-state index contributed by atoms with van der Waals surface area (Å²) >= 11 is 0. The van der Waals surface area contributed by atoms with Gasteiger partial charge >= 0.3 is 0 Å². The first kappa shape index (κ1) is 19.0. The van der Waals surface area contributed by atoms with Crippen molar-refractivity contribution in [1.29, 1.82) is 0 Å². The average Bonchev–Trinajstić information content (AvgIpc) is 2.87. The topological polar surface area (TPSA) is 4.93 Å². The number of fused-ring (bicyclic) bond motifs is 3. The molecule has 0 fully saturated rings. The molecule has 1 heteroatoms. The van der Waals surface area contributed by atoms with Gasteiger partial charge in [0.25, 0.3) is 0 Å². The molecule has 0 saturated heterocycles. The molecule has 3 rings (SSSR count). The second kappa shape index (κ2) is 7.47. The smallest absolute Gasteiger partial charge is 0.0491 e. The molecule has 1 atom stereocenters. The van der Waals surface area contributed by atoms with Crippen molar-refractivity contribution in [3.63, 3.8) is 0 Å². The van der Waals surface area contributed by atoms with Gasteiger partial charge in [0, 0.05) is 28.4 Å². The van der Waals surface area contributed by atoms with E-state index in [1.807, 2.05) is 0 Å². The highest BCUT2D eigenvalue weighted by molar-refractivity contribution is 6.08. The van der Waals surface area contributed by atoms with Gasteiger partial charge < -0.3 is 4.57 Å². The third-order valence-corrected chi connectivity index (χ3v) is 6.18. The van der Waals surface area contributed by atoms with Crippen molar-refractivity contribution in [1.82, 2.24) is 4.57 Å². The number of hydrogen-bond donors (Lipinski definition) is 0. The molecule has 140 valence electrons. The van der Waals surface area contributed by atoms with Crippen LogP contribution in [-0.4, -0.2) is 4.57 Å². The molecular weight excluding hydrogens is 314 g/mol. The number of aromatic nitrogens is 1. The summed E-state index contributed by atoms with van der Waals surface area (Å²) in [7, 11) is 0. The Balaban J connectivity index is 1.87. The monoisotopic (exact) mass is 349 g/mol. The zero-order chi connectivity index (χ0) is 18.9. The van der Waals surface area contributed by atoms with E-state index in [-0.39, 0.29) is 0 Å². The second-order valence-electron chi connectivity index (χ2n) is 9.17. The maximum Gasteiger partial charge on any atom is 0.0491 e. The third-order valence-electron chi connectivity index (χ3n) is 6.18. The van der Waals surface area contributed by atoms with E-state index < -0.39 is 0 Å². The first-order chi connectivity index (χ1) is 12.3. The van der Waals surface area contributed by atoms with Crippen LogP contribution in [-0.2, 0) is 6.54 Å². The Morgan fingerprint density at radius 2 is 1.46 bits per heavy atom. The second-order valence-corrected chi connectivity index (χ2v) is 9.17. The summed E-state index contributed by atoms with van der Waals surface area (Å²) < 4.78 is 2.55. The summed E-state index contributed by atoms with van der Waals surface area (Å²) in [5.41, 5.74) is 5.94. The van der Waals surface area contributed by atoms with Crippen LogP contribution in [0, 0.1) is 25.2 Å². The third kappa shape index (κ3) is 3.98. The molecule has 1 aromatic heterocycles. The molecule has 26 heavy (non-hydrogen) atoms. The molecule has 1 nitrogen and oxygen atoms in total. The van der Waals surface area contributed by atoms with Crippen molar-refractivity contribution in [3.05, 3.63) is 47.5 Å². The van der Waals surface area contributed by atoms with Gasteiger partial charge in [-0.2, -0.15) is 0 Å². The Bertz CT molecular complexity index is 838. The molecule has 3 aromatic rings. The van der Waals surface area contributed by atoms with Crippen LogP contribution in [0.3, 0.4) is 0 Å². The SMILES string of the molecule is CCC(C)(C)CCCC(C)Cn1c2ccc(C)cc2c2cc(C)ccc21. The summed E-state index contributed by atoms with van der Waals surface area (Å²) in [5.74, 6) is 0.698. The van der Waals surface area contributed by atoms with Gasteiger partial charge in [-0.3, -0.25) is 0 Å². The van der Waals surface area contributed by atoms with Crippen molar-refractivity contribution in [2.24, 2.45) is 11.3 Å². The maximum absolute atomic E-state index is 2.55. The molecule has 0 aliphatic carbocycles. The van der Waals surface area contributed by atoms with Crippen molar-refractivity contribution in [2.45, 2.75) is 73.8 Å². The first-order valence-corrected chi connectivity index (χ1v) is 10.3. The highest BCUT2D eigenvalue weighted by Gasteiger charge is 2.17. The number of nitrogens with zero attached hydrogens (tertiary/aromatic N) is 1. The van der Waals surface area contributed by atoms with Gasteiger partial charge in [-0.05, 0) is 62.3 Å². The van der Waals surface area contributed by atoms with Gasteiger partial charge in [0.15, 0.2) is 0 Å². The molecule has 1 unspecified atom stereocenters. The van der Waals surface area contributed by atoms with Crippen LogP contribution >= 0.6 is 0 Å². The van der Waals surface area contributed by atoms with E-state index in [1.54, 1.807) is 0 Å². The Hall–Kier alpha value is -1.76. The molecule has 0 radical (unpaired) electrons. The van der Waals surface area contributed by atoms with E-state index in [2.05, 4.69) is 82.5 Å². The van der Waals surface area contributed by atoms with E-state index in [0.29, 0.717) is 11.3 Å². The van der Waals surface area contributed by atoms with Crippen LogP contribution in [0.1, 0.15) is 64.5 Å². The largest absolute Gasteiger partial charge is 0.340 e. The Morgan fingerprint density at radius 1 is 0.923 bits per heavy atom. The van der Waals surface area contributed by atoms with Crippen molar-refractivity contribution in [3.8, 4) is 0 Å². The van der Waals surface area contributed by atoms with E-state index in [4.69, 9.17) is 0 Å². The Kier molecular flexibility index (Phi) is 5.46. The molecule has 1 heterocycles. The van der Waals surface area contributed by atoms with Gasteiger partial charge in [-0.1, -0.05) is 63.8 Å². The molecular formula is C25H35N. The highest BCUT2D eigenvalue weighted by Crippen LogP contribution is 2.32. The molecule has 0 spiro atoms. The lowest BCUT2D eigenvalue weighted by molar-refractivity contribution is 0.294. The average molecular weight is 350 g/mol. The van der Waals surface area contributed by atoms with Crippen LogP contribution in [0.2, 0.25) is 0 Å². The van der Waals surface area contributed by atoms with Crippen LogP contribution in [0.15, 0.2) is 36.4 Å². The normalized spacial score (nSPS) is 13.6. The minimum atomic E-state index is 0.488. The van der Waals surface area contributed by atoms with Crippen molar-refractivity contribution >= 4 is 21.8 Å². The number of aryl methyl sites for hydroxylation is 2. The van der Waals surface area contributed by atoms with E-state index >= 15 is 0 Å². The van der Waals surface area contributed by atoms with Crippen LogP contribution < -0.4 is 0 Å². The summed E-state index contributed by atoms with van der Waals surface area (Å²) in [6.45, 7) is 15.0. The quantitative estimate of drug-likeness (QED) is 0.412. The Labute approximate surface area is 159 Å². The van der Waals surface area contributed by atoms with Gasteiger partial charge in [-0.25, -0.2) is 0 Å². The minimum absolute atomic E-state index is 0.488. The predicted octanol–water partition coefficient (Wildman–Crippen LogP) is 7.65. The van der Waals surface area contributed by atoms with Crippen molar-refractivity contribution < 1.29 is 0 Å². The highest BCUT2D eigenvalue weighted by atomic mass is 15.0. The molecule has 0 N–H and O–H groups in total. The van der Waals surface area contributed by atoms with Crippen LogP contribution in [0.25, 0.3) is 21.8 Å². The summed E-state index contributed by atoms with van der Waals surface area (Å²) in [5, 5.41) is 2.81. The van der Waals surface area contributed by atoms with Crippen molar-refractivity contribution in [2.75, 3.05) is 0 Å².